The quantitative estimate of drug-likeness (QED) is 0.254. The first-order chi connectivity index (χ1) is 5.56. The van der Waals surface area contributed by atoms with Crippen LogP contribution in [-0.4, -0.2) is 32.8 Å². The normalized spacial score (nSPS) is 13.1. The van der Waals surface area contributed by atoms with Crippen LogP contribution in [0.15, 0.2) is 0 Å². The number of quaternary nitrogens is 1. The maximum absolute atomic E-state index is 10.9. The minimum atomic E-state index is -0.475. The van der Waals surface area contributed by atoms with Crippen molar-refractivity contribution in [3.63, 3.8) is 0 Å². The van der Waals surface area contributed by atoms with E-state index in [1.807, 2.05) is 21.0 Å². The monoisotopic (exact) mass is 176 g/mol. The predicted molar refractivity (Wildman–Crippen MR) is 45.2 cm³/mol. The second-order valence-electron chi connectivity index (χ2n) is 2.79. The van der Waals surface area contributed by atoms with Crippen molar-refractivity contribution < 1.29 is 14.5 Å². The van der Waals surface area contributed by atoms with E-state index >= 15 is 0 Å². The molecule has 0 aromatic carbocycles. The van der Waals surface area contributed by atoms with Crippen molar-refractivity contribution in [3.8, 4) is 0 Å². The Morgan fingerprint density at radius 3 is 2.67 bits per heavy atom. The van der Waals surface area contributed by atoms with E-state index in [9.17, 15) is 4.79 Å². The van der Waals surface area contributed by atoms with E-state index in [4.69, 9.17) is 10.5 Å². The van der Waals surface area contributed by atoms with Gasteiger partial charge in [-0.05, 0) is 6.42 Å². The van der Waals surface area contributed by atoms with Gasteiger partial charge in [-0.2, -0.15) is 5.43 Å². The van der Waals surface area contributed by atoms with Crippen LogP contribution in [0.25, 0.3) is 0 Å². The molecule has 72 valence electrons. The summed E-state index contributed by atoms with van der Waals surface area (Å²) in [7, 11) is 3.76. The second kappa shape index (κ2) is 5.93. The van der Waals surface area contributed by atoms with Crippen LogP contribution in [0.1, 0.15) is 13.3 Å². The number of esters is 1. The maximum Gasteiger partial charge on any atom is 0.326 e. The molecule has 0 aliphatic rings. The lowest BCUT2D eigenvalue weighted by Gasteiger charge is -2.12. The Balaban J connectivity index is 3.46. The Morgan fingerprint density at radius 2 is 2.25 bits per heavy atom. The van der Waals surface area contributed by atoms with Gasteiger partial charge in [-0.25, -0.2) is 0 Å². The molecule has 0 saturated heterocycles. The summed E-state index contributed by atoms with van der Waals surface area (Å²) in [5, 5.41) is 0.983. The zero-order valence-corrected chi connectivity index (χ0v) is 7.89. The summed E-state index contributed by atoms with van der Waals surface area (Å²) in [6, 6.07) is 0. The summed E-state index contributed by atoms with van der Waals surface area (Å²) in [4.78, 5) is 10.9. The Morgan fingerprint density at radius 1 is 1.67 bits per heavy atom. The van der Waals surface area contributed by atoms with E-state index in [0.29, 0.717) is 6.42 Å². The molecule has 0 aliphatic carbocycles. The van der Waals surface area contributed by atoms with Gasteiger partial charge in [0.1, 0.15) is 6.54 Å². The molecule has 0 saturated carbocycles. The zero-order valence-electron chi connectivity index (χ0n) is 7.89. The van der Waals surface area contributed by atoms with Gasteiger partial charge in [0.2, 0.25) is 0 Å². The van der Waals surface area contributed by atoms with Crippen LogP contribution in [0.2, 0.25) is 0 Å². The maximum atomic E-state index is 10.9. The summed E-state index contributed by atoms with van der Waals surface area (Å²) in [5.74, 6) is -0.314. The molecule has 1 unspecified atom stereocenters. The molecule has 4 N–H and O–H groups in total. The van der Waals surface area contributed by atoms with Crippen molar-refractivity contribution in [1.29, 1.82) is 0 Å². The second-order valence-corrected chi connectivity index (χ2v) is 2.79. The highest BCUT2D eigenvalue weighted by atomic mass is 16.6. The number of carbonyl (C=O) groups excluding carboxylic acids is 1. The van der Waals surface area contributed by atoms with Crippen LogP contribution < -0.4 is 16.2 Å². The van der Waals surface area contributed by atoms with Crippen molar-refractivity contribution in [2.45, 2.75) is 19.6 Å². The van der Waals surface area contributed by atoms with Crippen LogP contribution in [-0.2, 0) is 9.53 Å². The first kappa shape index (κ1) is 11.4. The van der Waals surface area contributed by atoms with Crippen molar-refractivity contribution >= 4 is 5.97 Å². The number of hydrogen-bond acceptors (Lipinski definition) is 4. The number of hydrogen-bond donors (Lipinski definition) is 3. The van der Waals surface area contributed by atoms with E-state index in [1.54, 1.807) is 0 Å². The number of rotatable bonds is 5. The molecule has 0 amide bonds. The average Bonchev–Trinajstić information content (AvgIpc) is 2.00. The number of nitrogens with one attached hydrogen (secondary N) is 2. The fraction of sp³-hybridized carbons (Fsp3) is 0.857. The Hall–Kier alpha value is -0.650. The molecule has 0 spiro atoms. The van der Waals surface area contributed by atoms with E-state index in [-0.39, 0.29) is 12.5 Å². The molecule has 0 aromatic heterocycles. The Kier molecular flexibility index (Phi) is 5.61. The Bertz CT molecular complexity index is 139. The van der Waals surface area contributed by atoms with Gasteiger partial charge < -0.3 is 4.74 Å². The highest BCUT2D eigenvalue weighted by Crippen LogP contribution is 1.88. The van der Waals surface area contributed by atoms with Gasteiger partial charge in [-0.1, -0.05) is 6.92 Å². The van der Waals surface area contributed by atoms with Crippen molar-refractivity contribution in [2.24, 2.45) is 5.73 Å². The third-order valence-corrected chi connectivity index (χ3v) is 1.27. The molecule has 0 fully saturated rings. The van der Waals surface area contributed by atoms with E-state index < -0.39 is 6.23 Å². The lowest BCUT2D eigenvalue weighted by Crippen LogP contribution is -3.13. The third kappa shape index (κ3) is 6.09. The largest absolute Gasteiger partial charge is 0.446 e. The minimum absolute atomic E-state index is 0.191. The zero-order chi connectivity index (χ0) is 9.56. The van der Waals surface area contributed by atoms with Crippen molar-refractivity contribution in [3.05, 3.63) is 0 Å². The summed E-state index contributed by atoms with van der Waals surface area (Å²) < 4.78 is 4.81. The molecular formula is C7H18N3O2+. The smallest absolute Gasteiger partial charge is 0.326 e. The van der Waals surface area contributed by atoms with E-state index in [0.717, 1.165) is 5.01 Å². The number of ether oxygens (including phenoxy) is 1. The third-order valence-electron chi connectivity index (χ3n) is 1.27. The van der Waals surface area contributed by atoms with Gasteiger partial charge in [0.05, 0.1) is 14.1 Å². The van der Waals surface area contributed by atoms with Gasteiger partial charge in [0.15, 0.2) is 6.23 Å². The molecule has 5 nitrogen and oxygen atoms in total. The molecule has 5 heteroatoms. The molecule has 0 radical (unpaired) electrons. The lowest BCUT2D eigenvalue weighted by molar-refractivity contribution is -0.905. The van der Waals surface area contributed by atoms with Gasteiger partial charge in [0.25, 0.3) is 0 Å². The molecule has 0 bridgehead atoms. The molecule has 0 rings (SSSR count). The van der Waals surface area contributed by atoms with Crippen molar-refractivity contribution in [2.75, 3.05) is 20.6 Å². The van der Waals surface area contributed by atoms with Gasteiger partial charge in [-0.3, -0.25) is 15.5 Å². The van der Waals surface area contributed by atoms with Gasteiger partial charge >= 0.3 is 5.97 Å². The molecular weight excluding hydrogens is 158 g/mol. The van der Waals surface area contributed by atoms with Gasteiger partial charge in [0, 0.05) is 0 Å². The molecule has 1 atom stereocenters. The summed E-state index contributed by atoms with van der Waals surface area (Å²) in [6.45, 7) is 2.05. The number of carbonyl (C=O) groups is 1. The van der Waals surface area contributed by atoms with Crippen LogP contribution in [0.4, 0.5) is 0 Å². The van der Waals surface area contributed by atoms with Crippen LogP contribution in [0.5, 0.6) is 0 Å². The first-order valence-corrected chi connectivity index (χ1v) is 4.05. The summed E-state index contributed by atoms with van der Waals surface area (Å²) in [5.41, 5.74) is 8.26. The van der Waals surface area contributed by atoms with E-state index in [2.05, 4.69) is 5.43 Å². The SMILES string of the molecule is CCC(N)OC(=O)CN[NH+](C)C. The van der Waals surface area contributed by atoms with Gasteiger partial charge in [-0.15, -0.1) is 0 Å². The molecule has 12 heavy (non-hydrogen) atoms. The highest BCUT2D eigenvalue weighted by Gasteiger charge is 2.08. The first-order valence-electron chi connectivity index (χ1n) is 4.05. The van der Waals surface area contributed by atoms with Crippen molar-refractivity contribution in [1.82, 2.24) is 5.43 Å². The van der Waals surface area contributed by atoms with Crippen LogP contribution in [0, 0.1) is 0 Å². The van der Waals surface area contributed by atoms with Crippen LogP contribution in [0.3, 0.4) is 0 Å². The molecule has 0 aromatic rings. The fourth-order valence-corrected chi connectivity index (χ4v) is 0.543. The highest BCUT2D eigenvalue weighted by molar-refractivity contribution is 5.71. The molecule has 0 aliphatic heterocycles. The average molecular weight is 176 g/mol. The van der Waals surface area contributed by atoms with Crippen LogP contribution >= 0.6 is 0 Å². The minimum Gasteiger partial charge on any atom is -0.446 e. The number of nitrogens with two attached hydrogens (primary N) is 1. The summed E-state index contributed by atoms with van der Waals surface area (Å²) in [6.07, 6.45) is 0.164. The Labute approximate surface area is 72.8 Å². The summed E-state index contributed by atoms with van der Waals surface area (Å²) >= 11 is 0. The predicted octanol–water partition coefficient (Wildman–Crippen LogP) is -2.13. The topological polar surface area (TPSA) is 68.8 Å². The molecule has 0 heterocycles. The van der Waals surface area contributed by atoms with E-state index in [1.165, 1.54) is 0 Å². The lowest BCUT2D eigenvalue weighted by atomic mass is 10.4. The standard InChI is InChI=1S/C7H17N3O2/c1-4-6(8)12-7(11)5-9-10(2)3/h6,9H,4-5,8H2,1-3H3/p+1. The fourth-order valence-electron chi connectivity index (χ4n) is 0.543.